The van der Waals surface area contributed by atoms with Gasteiger partial charge in [-0.15, -0.1) is 0 Å². The number of benzene rings is 2. The number of aromatic nitrogens is 1. The van der Waals surface area contributed by atoms with Crippen LogP contribution < -0.4 is 15.8 Å². The zero-order chi connectivity index (χ0) is 21.3. The topological polar surface area (TPSA) is 84.9 Å². The number of amides is 1. The third-order valence-electron chi connectivity index (χ3n) is 6.34. The Morgan fingerprint density at radius 1 is 1.10 bits per heavy atom. The molecule has 7 nitrogen and oxygen atoms in total. The predicted molar refractivity (Wildman–Crippen MR) is 121 cm³/mol. The van der Waals surface area contributed by atoms with Crippen molar-refractivity contribution in [2.24, 2.45) is 10.7 Å². The summed E-state index contributed by atoms with van der Waals surface area (Å²) in [7, 11) is 0. The first-order valence-corrected chi connectivity index (χ1v) is 10.8. The fourth-order valence-corrected chi connectivity index (χ4v) is 4.56. The maximum atomic E-state index is 13.3. The maximum Gasteiger partial charge on any atom is 0.254 e. The number of piperidine rings is 1. The van der Waals surface area contributed by atoms with Crippen molar-refractivity contribution >= 4 is 22.8 Å². The van der Waals surface area contributed by atoms with Crippen molar-refractivity contribution in [1.82, 2.24) is 14.8 Å². The third-order valence-corrected chi connectivity index (χ3v) is 6.34. The number of para-hydroxylation sites is 1. The number of carbonyl (C=O) groups excluding carboxylic acids is 1. The molecule has 1 fully saturated rings. The second kappa shape index (κ2) is 7.98. The van der Waals surface area contributed by atoms with E-state index >= 15 is 0 Å². The van der Waals surface area contributed by atoms with Crippen LogP contribution in [0, 0.1) is 0 Å². The summed E-state index contributed by atoms with van der Waals surface area (Å²) in [4.78, 5) is 19.6. The number of ether oxygens (including phenoxy) is 1. The van der Waals surface area contributed by atoms with Gasteiger partial charge >= 0.3 is 0 Å². The van der Waals surface area contributed by atoms with Gasteiger partial charge in [-0.05, 0) is 43.2 Å². The molecule has 160 valence electrons. The Bertz CT molecular complexity index is 1110. The Kier molecular flexibility index (Phi) is 5.02. The van der Waals surface area contributed by atoms with Crippen molar-refractivity contribution in [2.75, 3.05) is 26.2 Å². The second-order valence-electron chi connectivity index (χ2n) is 8.31. The van der Waals surface area contributed by atoms with Gasteiger partial charge in [0.2, 0.25) is 0 Å². The molecule has 0 aliphatic carbocycles. The highest BCUT2D eigenvalue weighted by molar-refractivity contribution is 6.06. The number of hydrogen-bond donors (Lipinski definition) is 2. The molecule has 1 amide bonds. The van der Waals surface area contributed by atoms with Crippen LogP contribution in [0.25, 0.3) is 10.9 Å². The van der Waals surface area contributed by atoms with Crippen LogP contribution in [0.5, 0.6) is 5.75 Å². The van der Waals surface area contributed by atoms with Crippen molar-refractivity contribution < 1.29 is 9.53 Å². The quantitative estimate of drug-likeness (QED) is 0.668. The van der Waals surface area contributed by atoms with E-state index in [2.05, 4.69) is 20.9 Å². The third kappa shape index (κ3) is 3.83. The van der Waals surface area contributed by atoms with Crippen LogP contribution in [-0.4, -0.2) is 53.1 Å². The van der Waals surface area contributed by atoms with E-state index in [1.54, 1.807) is 0 Å². The summed E-state index contributed by atoms with van der Waals surface area (Å²) >= 11 is 0. The number of rotatable bonds is 5. The molecule has 1 saturated heterocycles. The van der Waals surface area contributed by atoms with E-state index in [9.17, 15) is 4.79 Å². The molecule has 2 aliphatic heterocycles. The van der Waals surface area contributed by atoms with Gasteiger partial charge in [0.25, 0.3) is 5.91 Å². The highest BCUT2D eigenvalue weighted by atomic mass is 16.5. The Balaban J connectivity index is 1.27. The second-order valence-corrected chi connectivity index (χ2v) is 8.31. The molecule has 2 aliphatic rings. The molecule has 0 atom stereocenters. The first-order valence-electron chi connectivity index (χ1n) is 10.8. The molecule has 0 radical (unpaired) electrons. The summed E-state index contributed by atoms with van der Waals surface area (Å²) < 4.78 is 7.98. The minimum Gasteiger partial charge on any atom is -0.492 e. The molecule has 5 rings (SSSR count). The standard InChI is InChI=1S/C24H27N5O2/c25-23-26-17-24(27-23)10-13-29(14-11-24)22(30)20-7-4-8-21-19(20)9-12-28(21)15-16-31-18-5-2-1-3-6-18/h1-9,12H,10-11,13-17H2,(H3,25,26,27). The molecule has 0 unspecified atom stereocenters. The van der Waals surface area contributed by atoms with Crippen LogP contribution >= 0.6 is 0 Å². The molecule has 0 saturated carbocycles. The Morgan fingerprint density at radius 3 is 2.65 bits per heavy atom. The van der Waals surface area contributed by atoms with E-state index in [1.165, 1.54) is 0 Å². The molecule has 3 aromatic rings. The Labute approximate surface area is 181 Å². The van der Waals surface area contributed by atoms with Crippen molar-refractivity contribution in [2.45, 2.75) is 24.9 Å². The number of fused-ring (bicyclic) bond motifs is 1. The summed E-state index contributed by atoms with van der Waals surface area (Å²) in [6.07, 6.45) is 3.75. The molecule has 0 bridgehead atoms. The van der Waals surface area contributed by atoms with Crippen molar-refractivity contribution in [3.05, 3.63) is 66.4 Å². The molecule has 1 aromatic heterocycles. The summed E-state index contributed by atoms with van der Waals surface area (Å²) in [5, 5.41) is 4.29. The number of likely N-dealkylation sites (tertiary alicyclic amines) is 1. The monoisotopic (exact) mass is 417 g/mol. The summed E-state index contributed by atoms with van der Waals surface area (Å²) in [6, 6.07) is 17.8. The van der Waals surface area contributed by atoms with Crippen molar-refractivity contribution in [1.29, 1.82) is 0 Å². The Morgan fingerprint density at radius 2 is 1.90 bits per heavy atom. The fraction of sp³-hybridized carbons (Fsp3) is 0.333. The predicted octanol–water partition coefficient (Wildman–Crippen LogP) is 2.61. The minimum atomic E-state index is -0.0745. The van der Waals surface area contributed by atoms with Crippen LogP contribution in [-0.2, 0) is 6.54 Å². The first kappa shape index (κ1) is 19.5. The number of hydrogen-bond acceptors (Lipinski definition) is 5. The van der Waals surface area contributed by atoms with Crippen LogP contribution in [0.3, 0.4) is 0 Å². The number of nitrogens with one attached hydrogen (secondary N) is 1. The van der Waals surface area contributed by atoms with E-state index in [0.717, 1.165) is 41.6 Å². The number of nitrogens with zero attached hydrogens (tertiary/aromatic N) is 3. The van der Waals surface area contributed by atoms with Gasteiger partial charge in [-0.25, -0.2) is 0 Å². The SMILES string of the molecule is NC1=NCC2(CCN(C(=O)c3cccc4c3ccn4CCOc3ccccc3)CC2)N1. The van der Waals surface area contributed by atoms with Gasteiger partial charge in [-0.2, -0.15) is 0 Å². The first-order chi connectivity index (χ1) is 15.1. The normalized spacial score (nSPS) is 17.5. The summed E-state index contributed by atoms with van der Waals surface area (Å²) in [6.45, 7) is 3.39. The van der Waals surface area contributed by atoms with E-state index in [1.807, 2.05) is 59.6 Å². The molecule has 7 heteroatoms. The van der Waals surface area contributed by atoms with E-state index in [4.69, 9.17) is 10.5 Å². The Hall–Kier alpha value is -3.48. The van der Waals surface area contributed by atoms with Crippen LogP contribution in [0.4, 0.5) is 0 Å². The van der Waals surface area contributed by atoms with Gasteiger partial charge in [0.15, 0.2) is 5.96 Å². The molecular weight excluding hydrogens is 390 g/mol. The van der Waals surface area contributed by atoms with Crippen LogP contribution in [0.2, 0.25) is 0 Å². The smallest absolute Gasteiger partial charge is 0.254 e. The van der Waals surface area contributed by atoms with Gasteiger partial charge in [0, 0.05) is 35.8 Å². The maximum absolute atomic E-state index is 13.3. The average molecular weight is 418 g/mol. The molecule has 2 aromatic carbocycles. The van der Waals surface area contributed by atoms with Gasteiger partial charge in [0.05, 0.1) is 18.6 Å². The summed E-state index contributed by atoms with van der Waals surface area (Å²) in [5.41, 5.74) is 7.54. The zero-order valence-corrected chi connectivity index (χ0v) is 17.5. The van der Waals surface area contributed by atoms with E-state index in [-0.39, 0.29) is 11.4 Å². The molecule has 31 heavy (non-hydrogen) atoms. The number of guanidine groups is 1. The lowest BCUT2D eigenvalue weighted by Gasteiger charge is -2.39. The minimum absolute atomic E-state index is 0.0745. The lowest BCUT2D eigenvalue weighted by atomic mass is 9.88. The zero-order valence-electron chi connectivity index (χ0n) is 17.5. The van der Waals surface area contributed by atoms with Gasteiger partial charge in [-0.3, -0.25) is 9.79 Å². The molecule has 1 spiro atoms. The molecular formula is C24H27N5O2. The van der Waals surface area contributed by atoms with Crippen molar-refractivity contribution in [3.8, 4) is 5.75 Å². The van der Waals surface area contributed by atoms with E-state index in [0.29, 0.717) is 32.2 Å². The molecule has 3 heterocycles. The van der Waals surface area contributed by atoms with Gasteiger partial charge < -0.3 is 25.3 Å². The van der Waals surface area contributed by atoms with E-state index < -0.39 is 0 Å². The fourth-order valence-electron chi connectivity index (χ4n) is 4.56. The van der Waals surface area contributed by atoms with Gasteiger partial charge in [0.1, 0.15) is 12.4 Å². The largest absolute Gasteiger partial charge is 0.492 e. The molecule has 3 N–H and O–H groups in total. The number of nitrogens with two attached hydrogens (primary N) is 1. The van der Waals surface area contributed by atoms with Crippen LogP contribution in [0.1, 0.15) is 23.2 Å². The van der Waals surface area contributed by atoms with Gasteiger partial charge in [-0.1, -0.05) is 24.3 Å². The number of carbonyl (C=O) groups is 1. The highest BCUT2D eigenvalue weighted by Crippen LogP contribution is 2.28. The highest BCUT2D eigenvalue weighted by Gasteiger charge is 2.39. The van der Waals surface area contributed by atoms with Crippen molar-refractivity contribution in [3.63, 3.8) is 0 Å². The number of aliphatic imine (C=N–C) groups is 1. The lowest BCUT2D eigenvalue weighted by Crippen LogP contribution is -2.55. The summed E-state index contributed by atoms with van der Waals surface area (Å²) in [5.74, 6) is 1.47. The van der Waals surface area contributed by atoms with Crippen LogP contribution in [0.15, 0.2) is 65.8 Å². The average Bonchev–Trinajstić information content (AvgIpc) is 3.38. The lowest BCUT2D eigenvalue weighted by molar-refractivity contribution is 0.0670.